The maximum absolute atomic E-state index is 9.61. The van der Waals surface area contributed by atoms with Crippen molar-refractivity contribution in [3.05, 3.63) is 21.9 Å². The summed E-state index contributed by atoms with van der Waals surface area (Å²) in [6, 6.07) is 4.08. The highest BCUT2D eigenvalue weighted by Gasteiger charge is 2.17. The highest BCUT2D eigenvalue weighted by atomic mass is 32.1. The van der Waals surface area contributed by atoms with Crippen molar-refractivity contribution < 1.29 is 5.11 Å². The zero-order chi connectivity index (χ0) is 8.48. The number of aryl methyl sites for hydroxylation is 1. The third kappa shape index (κ3) is 2.04. The Morgan fingerprint density at radius 1 is 1.45 bits per heavy atom. The Hall–Kier alpha value is -0.340. The summed E-state index contributed by atoms with van der Waals surface area (Å²) in [6.45, 7) is 5.76. The van der Waals surface area contributed by atoms with E-state index in [9.17, 15) is 5.11 Å². The number of hydrogen-bond donors (Lipinski definition) is 1. The number of hydrogen-bond acceptors (Lipinski definition) is 2. The fourth-order valence-corrected chi connectivity index (χ4v) is 1.85. The van der Waals surface area contributed by atoms with Crippen LogP contribution in [0.15, 0.2) is 12.1 Å². The van der Waals surface area contributed by atoms with Crippen molar-refractivity contribution in [1.82, 2.24) is 0 Å². The summed E-state index contributed by atoms with van der Waals surface area (Å²) < 4.78 is 0. The summed E-state index contributed by atoms with van der Waals surface area (Å²) >= 11 is 1.69. The van der Waals surface area contributed by atoms with Crippen LogP contribution >= 0.6 is 11.3 Å². The predicted octanol–water partition coefficient (Wildman–Crippen LogP) is 2.54. The molecule has 1 rings (SSSR count). The van der Waals surface area contributed by atoms with Gasteiger partial charge in [-0.05, 0) is 32.4 Å². The summed E-state index contributed by atoms with van der Waals surface area (Å²) in [4.78, 5) is 2.39. The zero-order valence-corrected chi connectivity index (χ0v) is 8.03. The van der Waals surface area contributed by atoms with E-state index in [1.165, 1.54) is 4.88 Å². The molecule has 1 N–H and O–H groups in total. The van der Waals surface area contributed by atoms with E-state index in [0.29, 0.717) is 0 Å². The van der Waals surface area contributed by atoms with Crippen LogP contribution in [0, 0.1) is 0 Å². The van der Waals surface area contributed by atoms with Crippen LogP contribution in [0.5, 0.6) is 0 Å². The van der Waals surface area contributed by atoms with Gasteiger partial charge in [0, 0.05) is 9.75 Å². The standard InChI is InChI=1S/C9H14OS/c1-4-7-5-6-8(11-7)9(2,3)10/h5-6,10H,4H2,1-3H3. The van der Waals surface area contributed by atoms with E-state index < -0.39 is 5.60 Å². The Labute approximate surface area is 71.7 Å². The lowest BCUT2D eigenvalue weighted by Crippen LogP contribution is -2.12. The molecule has 1 aromatic heterocycles. The normalized spacial score (nSPS) is 12.0. The summed E-state index contributed by atoms with van der Waals surface area (Å²) in [7, 11) is 0. The van der Waals surface area contributed by atoms with E-state index in [0.717, 1.165) is 11.3 Å². The van der Waals surface area contributed by atoms with E-state index in [2.05, 4.69) is 13.0 Å². The summed E-state index contributed by atoms with van der Waals surface area (Å²) in [5.74, 6) is 0. The van der Waals surface area contributed by atoms with E-state index in [4.69, 9.17) is 0 Å². The maximum Gasteiger partial charge on any atom is 0.0932 e. The molecule has 0 aromatic carbocycles. The van der Waals surface area contributed by atoms with Gasteiger partial charge in [-0.15, -0.1) is 11.3 Å². The maximum atomic E-state index is 9.61. The molecule has 0 radical (unpaired) electrons. The summed E-state index contributed by atoms with van der Waals surface area (Å²) in [6.07, 6.45) is 1.06. The van der Waals surface area contributed by atoms with Crippen LogP contribution < -0.4 is 0 Å². The number of aliphatic hydroxyl groups is 1. The molecule has 1 aromatic rings. The van der Waals surface area contributed by atoms with Gasteiger partial charge < -0.3 is 5.11 Å². The molecule has 0 amide bonds. The first-order chi connectivity index (χ1) is 5.04. The Bertz CT molecular complexity index is 232. The van der Waals surface area contributed by atoms with Crippen molar-refractivity contribution in [1.29, 1.82) is 0 Å². The van der Waals surface area contributed by atoms with Gasteiger partial charge in [0.2, 0.25) is 0 Å². The van der Waals surface area contributed by atoms with Crippen molar-refractivity contribution in [2.24, 2.45) is 0 Å². The molecule has 62 valence electrons. The third-order valence-electron chi connectivity index (χ3n) is 1.61. The SMILES string of the molecule is CCc1ccc(C(C)(C)O)s1. The molecule has 11 heavy (non-hydrogen) atoms. The molecule has 0 saturated carbocycles. The van der Waals surface area contributed by atoms with E-state index in [1.807, 2.05) is 19.9 Å². The second kappa shape index (κ2) is 2.95. The topological polar surface area (TPSA) is 20.2 Å². The van der Waals surface area contributed by atoms with Crippen LogP contribution in [-0.2, 0) is 12.0 Å². The lowest BCUT2D eigenvalue weighted by atomic mass is 10.1. The van der Waals surface area contributed by atoms with Gasteiger partial charge in [-0.25, -0.2) is 0 Å². The van der Waals surface area contributed by atoms with Gasteiger partial charge in [0.15, 0.2) is 0 Å². The van der Waals surface area contributed by atoms with Crippen molar-refractivity contribution in [3.8, 4) is 0 Å². The highest BCUT2D eigenvalue weighted by Crippen LogP contribution is 2.27. The van der Waals surface area contributed by atoms with Crippen LogP contribution in [0.3, 0.4) is 0 Å². The Kier molecular flexibility index (Phi) is 2.35. The van der Waals surface area contributed by atoms with Gasteiger partial charge in [-0.2, -0.15) is 0 Å². The summed E-state index contributed by atoms with van der Waals surface area (Å²) in [5, 5.41) is 9.61. The van der Waals surface area contributed by atoms with E-state index >= 15 is 0 Å². The molecule has 0 unspecified atom stereocenters. The van der Waals surface area contributed by atoms with Gasteiger partial charge in [-0.1, -0.05) is 6.92 Å². The molecule has 0 aliphatic heterocycles. The lowest BCUT2D eigenvalue weighted by molar-refractivity contribution is 0.0825. The molecule has 1 heterocycles. The van der Waals surface area contributed by atoms with Gasteiger partial charge >= 0.3 is 0 Å². The molecule has 1 nitrogen and oxygen atoms in total. The second-order valence-corrected chi connectivity index (χ2v) is 4.35. The Morgan fingerprint density at radius 2 is 2.09 bits per heavy atom. The fraction of sp³-hybridized carbons (Fsp3) is 0.556. The van der Waals surface area contributed by atoms with E-state index in [-0.39, 0.29) is 0 Å². The smallest absolute Gasteiger partial charge is 0.0932 e. The van der Waals surface area contributed by atoms with Gasteiger partial charge in [-0.3, -0.25) is 0 Å². The van der Waals surface area contributed by atoms with Crippen molar-refractivity contribution in [3.63, 3.8) is 0 Å². The van der Waals surface area contributed by atoms with Crippen LogP contribution in [0.1, 0.15) is 30.5 Å². The second-order valence-electron chi connectivity index (χ2n) is 3.18. The van der Waals surface area contributed by atoms with Crippen LogP contribution in [0.25, 0.3) is 0 Å². The van der Waals surface area contributed by atoms with Crippen molar-refractivity contribution in [2.75, 3.05) is 0 Å². The quantitative estimate of drug-likeness (QED) is 0.723. The lowest BCUT2D eigenvalue weighted by Gasteiger charge is -2.13. The average molecular weight is 170 g/mol. The average Bonchev–Trinajstić information content (AvgIpc) is 2.32. The first-order valence-corrected chi connectivity index (χ1v) is 4.67. The minimum absolute atomic E-state index is 0.669. The Morgan fingerprint density at radius 3 is 2.36 bits per heavy atom. The largest absolute Gasteiger partial charge is 0.385 e. The first kappa shape index (κ1) is 8.75. The summed E-state index contributed by atoms with van der Waals surface area (Å²) in [5.41, 5.74) is -0.669. The molecular weight excluding hydrogens is 156 g/mol. The van der Waals surface area contributed by atoms with Gasteiger partial charge in [0.1, 0.15) is 0 Å². The van der Waals surface area contributed by atoms with Crippen LogP contribution in [-0.4, -0.2) is 5.11 Å². The van der Waals surface area contributed by atoms with Gasteiger partial charge in [0.25, 0.3) is 0 Å². The molecular formula is C9H14OS. The Balaban J connectivity index is 2.89. The molecule has 0 aliphatic carbocycles. The number of thiophene rings is 1. The molecule has 2 heteroatoms. The van der Waals surface area contributed by atoms with Crippen LogP contribution in [0.2, 0.25) is 0 Å². The fourth-order valence-electron chi connectivity index (χ4n) is 0.897. The minimum Gasteiger partial charge on any atom is -0.385 e. The van der Waals surface area contributed by atoms with Crippen molar-refractivity contribution in [2.45, 2.75) is 32.8 Å². The van der Waals surface area contributed by atoms with E-state index in [1.54, 1.807) is 11.3 Å². The number of rotatable bonds is 2. The zero-order valence-electron chi connectivity index (χ0n) is 7.22. The highest BCUT2D eigenvalue weighted by molar-refractivity contribution is 7.12. The van der Waals surface area contributed by atoms with Crippen LogP contribution in [0.4, 0.5) is 0 Å². The molecule has 0 spiro atoms. The minimum atomic E-state index is -0.669. The van der Waals surface area contributed by atoms with Gasteiger partial charge in [0.05, 0.1) is 5.60 Å². The first-order valence-electron chi connectivity index (χ1n) is 3.85. The third-order valence-corrected chi connectivity index (χ3v) is 3.16. The molecule has 0 aliphatic rings. The predicted molar refractivity (Wildman–Crippen MR) is 48.9 cm³/mol. The molecule has 0 bridgehead atoms. The molecule has 0 atom stereocenters. The van der Waals surface area contributed by atoms with Crippen molar-refractivity contribution >= 4 is 11.3 Å². The molecule has 0 saturated heterocycles. The molecule has 0 fully saturated rings. The monoisotopic (exact) mass is 170 g/mol.